The van der Waals surface area contributed by atoms with Gasteiger partial charge in [-0.15, -0.1) is 0 Å². The van der Waals surface area contributed by atoms with Gasteiger partial charge in [-0.05, 0) is 70.5 Å². The Morgan fingerprint density at radius 1 is 0.773 bits per heavy atom. The average molecular weight is 331 g/mol. The van der Waals surface area contributed by atoms with Crippen LogP contribution in [0.25, 0.3) is 0 Å². The minimum absolute atomic E-state index is 0.840. The van der Waals surface area contributed by atoms with Crippen molar-refractivity contribution in [1.82, 2.24) is 21.3 Å². The molecule has 0 atom stereocenters. The van der Waals surface area contributed by atoms with Crippen molar-refractivity contribution in [2.45, 2.75) is 39.5 Å². The second kappa shape index (κ2) is 19.0. The predicted octanol–water partition coefficient (Wildman–Crippen LogP) is 1.80. The van der Waals surface area contributed by atoms with Gasteiger partial charge in [0.15, 0.2) is 0 Å². The molecule has 0 aliphatic carbocycles. The Morgan fingerprint density at radius 3 is 1.77 bits per heavy atom. The second-order valence-corrected chi connectivity index (χ2v) is 5.84. The number of hydrogen-bond acceptors (Lipinski definition) is 5. The van der Waals surface area contributed by atoms with Gasteiger partial charge in [0.25, 0.3) is 0 Å². The lowest BCUT2D eigenvalue weighted by molar-refractivity contribution is 0.602. The molecule has 5 heteroatoms. The molecule has 0 aromatic rings. The van der Waals surface area contributed by atoms with E-state index < -0.39 is 0 Å². The molecule has 0 unspecified atom stereocenters. The number of nitrogens with one attached hydrogen (secondary N) is 4. The van der Waals surface area contributed by atoms with E-state index in [4.69, 9.17) is 0 Å². The van der Waals surface area contributed by atoms with E-state index in [9.17, 15) is 0 Å². The molecule has 0 saturated heterocycles. The van der Waals surface area contributed by atoms with E-state index in [1.54, 1.807) is 0 Å². The van der Waals surface area contributed by atoms with Crippen molar-refractivity contribution in [2.24, 2.45) is 0 Å². The van der Waals surface area contributed by atoms with Gasteiger partial charge in [0.2, 0.25) is 0 Å². The highest BCUT2D eigenvalue weighted by Gasteiger charge is 1.95. The van der Waals surface area contributed by atoms with Crippen LogP contribution in [0.1, 0.15) is 39.5 Å². The molecule has 0 saturated carbocycles. The lowest BCUT2D eigenvalue weighted by Crippen LogP contribution is -2.22. The van der Waals surface area contributed by atoms with E-state index in [0.717, 1.165) is 58.1 Å². The van der Waals surface area contributed by atoms with Gasteiger partial charge in [0, 0.05) is 18.8 Å². The van der Waals surface area contributed by atoms with Crippen LogP contribution in [0, 0.1) is 0 Å². The molecular weight excluding hydrogens is 292 g/mol. The third-order valence-corrected chi connectivity index (χ3v) is 3.91. The molecule has 0 rings (SSSR count). The number of rotatable bonds is 17. The maximum atomic E-state index is 4.41. The number of thiol groups is 1. The zero-order chi connectivity index (χ0) is 16.3. The summed E-state index contributed by atoms with van der Waals surface area (Å²) in [5, 5.41) is 13.7. The van der Waals surface area contributed by atoms with Gasteiger partial charge >= 0.3 is 0 Å². The van der Waals surface area contributed by atoms with Crippen LogP contribution in [-0.4, -0.2) is 58.1 Å². The molecule has 0 heterocycles. The van der Waals surface area contributed by atoms with E-state index in [0.29, 0.717) is 0 Å². The Bertz CT molecular complexity index is 247. The van der Waals surface area contributed by atoms with Crippen molar-refractivity contribution in [3.8, 4) is 0 Å². The SMILES string of the molecule is CCNCCCCNC/C=C(/CS)CNCCCCNCC. The van der Waals surface area contributed by atoms with E-state index in [1.165, 1.54) is 31.3 Å². The van der Waals surface area contributed by atoms with Crippen LogP contribution in [0.4, 0.5) is 0 Å². The van der Waals surface area contributed by atoms with Crippen molar-refractivity contribution >= 4 is 12.6 Å². The standard InChI is InChI=1S/C17H38N4S/c1-3-18-10-5-7-12-20-14-9-17(16-22)15-21-13-8-6-11-19-4-2/h9,18-22H,3-8,10-16H2,1-2H3/b17-9+. The maximum absolute atomic E-state index is 4.41. The normalized spacial score (nSPS) is 12.0. The minimum Gasteiger partial charge on any atom is -0.317 e. The van der Waals surface area contributed by atoms with E-state index >= 15 is 0 Å². The topological polar surface area (TPSA) is 48.1 Å². The minimum atomic E-state index is 0.840. The molecule has 0 aromatic heterocycles. The summed E-state index contributed by atoms with van der Waals surface area (Å²) < 4.78 is 0. The molecule has 0 amide bonds. The highest BCUT2D eigenvalue weighted by atomic mass is 32.1. The van der Waals surface area contributed by atoms with Crippen LogP contribution in [0.3, 0.4) is 0 Å². The first-order valence-electron chi connectivity index (χ1n) is 8.96. The number of unbranched alkanes of at least 4 members (excludes halogenated alkanes) is 2. The molecule has 0 spiro atoms. The monoisotopic (exact) mass is 330 g/mol. The molecule has 0 radical (unpaired) electrons. The zero-order valence-corrected chi connectivity index (χ0v) is 15.6. The summed E-state index contributed by atoms with van der Waals surface area (Å²) in [5.41, 5.74) is 1.38. The van der Waals surface area contributed by atoms with Crippen molar-refractivity contribution in [2.75, 3.05) is 58.1 Å². The first-order valence-corrected chi connectivity index (χ1v) is 9.60. The van der Waals surface area contributed by atoms with Crippen molar-refractivity contribution < 1.29 is 0 Å². The average Bonchev–Trinajstić information content (AvgIpc) is 2.54. The summed E-state index contributed by atoms with van der Waals surface area (Å²) in [7, 11) is 0. The quantitative estimate of drug-likeness (QED) is 0.160. The molecule has 0 aliphatic heterocycles. The summed E-state index contributed by atoms with van der Waals surface area (Å²) >= 11 is 4.41. The molecule has 0 bridgehead atoms. The molecular formula is C17H38N4S. The van der Waals surface area contributed by atoms with E-state index in [2.05, 4.69) is 53.8 Å². The molecule has 4 N–H and O–H groups in total. The lowest BCUT2D eigenvalue weighted by Gasteiger charge is -2.08. The highest BCUT2D eigenvalue weighted by molar-refractivity contribution is 7.80. The van der Waals surface area contributed by atoms with Crippen LogP contribution in [0.15, 0.2) is 11.6 Å². The Kier molecular flexibility index (Phi) is 18.9. The van der Waals surface area contributed by atoms with Crippen molar-refractivity contribution in [3.63, 3.8) is 0 Å². The van der Waals surface area contributed by atoms with Gasteiger partial charge in [-0.2, -0.15) is 12.6 Å². The van der Waals surface area contributed by atoms with Crippen molar-refractivity contribution in [1.29, 1.82) is 0 Å². The fraction of sp³-hybridized carbons (Fsp3) is 0.882. The van der Waals surface area contributed by atoms with Gasteiger partial charge in [-0.3, -0.25) is 0 Å². The molecule has 0 fully saturated rings. The van der Waals surface area contributed by atoms with E-state index in [1.807, 2.05) is 0 Å². The van der Waals surface area contributed by atoms with Crippen LogP contribution in [-0.2, 0) is 0 Å². The second-order valence-electron chi connectivity index (χ2n) is 5.52. The maximum Gasteiger partial charge on any atom is 0.0173 e. The van der Waals surface area contributed by atoms with Gasteiger partial charge in [-0.25, -0.2) is 0 Å². The number of hydrogen-bond donors (Lipinski definition) is 5. The molecule has 0 aromatic carbocycles. The summed E-state index contributed by atoms with van der Waals surface area (Å²) in [4.78, 5) is 0. The fourth-order valence-corrected chi connectivity index (χ4v) is 2.35. The molecule has 4 nitrogen and oxygen atoms in total. The summed E-state index contributed by atoms with van der Waals surface area (Å²) in [5.74, 6) is 0.840. The summed E-state index contributed by atoms with van der Waals surface area (Å²) in [6.07, 6.45) is 7.24. The first kappa shape index (κ1) is 21.9. The van der Waals surface area contributed by atoms with Crippen LogP contribution in [0.2, 0.25) is 0 Å². The Hall–Kier alpha value is -0.0700. The Balaban J connectivity index is 3.43. The van der Waals surface area contributed by atoms with Gasteiger partial charge in [-0.1, -0.05) is 19.9 Å². The molecule has 132 valence electrons. The summed E-state index contributed by atoms with van der Waals surface area (Å²) in [6, 6.07) is 0. The highest BCUT2D eigenvalue weighted by Crippen LogP contribution is 1.96. The van der Waals surface area contributed by atoms with Gasteiger partial charge < -0.3 is 21.3 Å². The predicted molar refractivity (Wildman–Crippen MR) is 103 cm³/mol. The Morgan fingerprint density at radius 2 is 1.27 bits per heavy atom. The van der Waals surface area contributed by atoms with Crippen LogP contribution < -0.4 is 21.3 Å². The molecule has 22 heavy (non-hydrogen) atoms. The van der Waals surface area contributed by atoms with Crippen molar-refractivity contribution in [3.05, 3.63) is 11.6 Å². The van der Waals surface area contributed by atoms with Crippen LogP contribution in [0.5, 0.6) is 0 Å². The summed E-state index contributed by atoms with van der Waals surface area (Å²) in [6.45, 7) is 12.8. The van der Waals surface area contributed by atoms with E-state index in [-0.39, 0.29) is 0 Å². The smallest absolute Gasteiger partial charge is 0.0173 e. The fourth-order valence-electron chi connectivity index (χ4n) is 2.11. The van der Waals surface area contributed by atoms with Crippen LogP contribution >= 0.6 is 12.6 Å². The van der Waals surface area contributed by atoms with Gasteiger partial charge in [0.1, 0.15) is 0 Å². The lowest BCUT2D eigenvalue weighted by atomic mass is 10.2. The third-order valence-electron chi connectivity index (χ3n) is 3.50. The first-order chi connectivity index (χ1) is 10.8. The zero-order valence-electron chi connectivity index (χ0n) is 14.7. The molecule has 0 aliphatic rings. The van der Waals surface area contributed by atoms with Gasteiger partial charge in [0.05, 0.1) is 0 Å². The Labute approximate surface area is 143 Å². The largest absolute Gasteiger partial charge is 0.317 e. The third kappa shape index (κ3) is 16.3.